The van der Waals surface area contributed by atoms with Gasteiger partial charge in [0, 0.05) is 29.7 Å². The van der Waals surface area contributed by atoms with Crippen molar-refractivity contribution in [1.29, 1.82) is 0 Å². The first-order valence-corrected chi connectivity index (χ1v) is 10.6. The first kappa shape index (κ1) is 25.3. The molecule has 1 N–H and O–H groups in total. The first-order chi connectivity index (χ1) is 15.8. The van der Waals surface area contributed by atoms with Gasteiger partial charge in [0.2, 0.25) is 0 Å². The highest BCUT2D eigenvalue weighted by Crippen LogP contribution is 2.30. The Bertz CT molecular complexity index is 1330. The summed E-state index contributed by atoms with van der Waals surface area (Å²) in [6.07, 6.45) is -4.64. The first-order valence-electron chi connectivity index (χ1n) is 10.3. The number of benzene rings is 2. The zero-order chi connectivity index (χ0) is 25.3. The van der Waals surface area contributed by atoms with Gasteiger partial charge in [0.25, 0.3) is 5.56 Å². The standard InChI is InChI=1S/C24H22ClF3N2O4/c1-23(2,21(32)33)14-30-20(31)12-19(11-16-4-3-5-17(10-16)24(26,27)28)29(22(30)34)13-15-6-8-18(25)9-7-15/h3-10,12H,11,13-14H2,1-2H3,(H,32,33). The number of hydrogen-bond acceptors (Lipinski definition) is 3. The minimum atomic E-state index is -4.54. The quantitative estimate of drug-likeness (QED) is 0.527. The smallest absolute Gasteiger partial charge is 0.416 e. The van der Waals surface area contributed by atoms with Gasteiger partial charge in [0.15, 0.2) is 0 Å². The van der Waals surface area contributed by atoms with Crippen molar-refractivity contribution in [3.63, 3.8) is 0 Å². The third-order valence-electron chi connectivity index (χ3n) is 5.39. The molecule has 0 amide bonds. The lowest BCUT2D eigenvalue weighted by Crippen LogP contribution is -2.45. The summed E-state index contributed by atoms with van der Waals surface area (Å²) in [5.41, 5.74) is -2.58. The number of carbonyl (C=O) groups is 1. The SMILES string of the molecule is CC(C)(Cn1c(=O)cc(Cc2cccc(C(F)(F)F)c2)n(Cc2ccc(Cl)cc2)c1=O)C(=O)O. The number of alkyl halides is 3. The summed E-state index contributed by atoms with van der Waals surface area (Å²) in [5, 5.41) is 9.91. The van der Waals surface area contributed by atoms with Crippen molar-refractivity contribution in [2.75, 3.05) is 0 Å². The minimum Gasteiger partial charge on any atom is -0.481 e. The number of halogens is 4. The molecule has 0 fully saturated rings. The van der Waals surface area contributed by atoms with Gasteiger partial charge in [-0.2, -0.15) is 13.2 Å². The lowest BCUT2D eigenvalue weighted by atomic mass is 9.94. The van der Waals surface area contributed by atoms with Crippen molar-refractivity contribution >= 4 is 17.6 Å². The summed E-state index contributed by atoms with van der Waals surface area (Å²) in [5.74, 6) is -1.18. The fraction of sp³-hybridized carbons (Fsp3) is 0.292. The Balaban J connectivity index is 2.13. The maximum atomic E-state index is 13.3. The molecule has 6 nitrogen and oxygen atoms in total. The molecule has 3 aromatic rings. The maximum Gasteiger partial charge on any atom is 0.416 e. The van der Waals surface area contributed by atoms with Gasteiger partial charge in [-0.05, 0) is 43.2 Å². The van der Waals surface area contributed by atoms with Gasteiger partial charge in [-0.3, -0.25) is 18.7 Å². The fourth-order valence-electron chi connectivity index (χ4n) is 3.42. The molecule has 0 radical (unpaired) electrons. The zero-order valence-electron chi connectivity index (χ0n) is 18.4. The van der Waals surface area contributed by atoms with Gasteiger partial charge in [-0.15, -0.1) is 0 Å². The Labute approximate surface area is 197 Å². The molecular weight excluding hydrogens is 473 g/mol. The van der Waals surface area contributed by atoms with Crippen LogP contribution < -0.4 is 11.2 Å². The largest absolute Gasteiger partial charge is 0.481 e. The monoisotopic (exact) mass is 494 g/mol. The van der Waals surface area contributed by atoms with Crippen LogP contribution in [0.5, 0.6) is 0 Å². The molecule has 0 saturated carbocycles. The van der Waals surface area contributed by atoms with E-state index in [1.165, 1.54) is 30.5 Å². The van der Waals surface area contributed by atoms with Gasteiger partial charge in [0.05, 0.1) is 17.5 Å². The second-order valence-electron chi connectivity index (χ2n) is 8.62. The van der Waals surface area contributed by atoms with E-state index in [4.69, 9.17) is 11.6 Å². The summed E-state index contributed by atoms with van der Waals surface area (Å²) in [6.45, 7) is 2.42. The van der Waals surface area contributed by atoms with Gasteiger partial charge < -0.3 is 5.11 Å². The Kier molecular flexibility index (Phi) is 7.07. The van der Waals surface area contributed by atoms with Crippen molar-refractivity contribution in [3.05, 3.63) is 103 Å². The number of rotatable bonds is 7. The lowest BCUT2D eigenvalue weighted by molar-refractivity contribution is -0.147. The van der Waals surface area contributed by atoms with Gasteiger partial charge in [-0.25, -0.2) is 4.79 Å². The average molecular weight is 495 g/mol. The summed E-state index contributed by atoms with van der Waals surface area (Å²) in [6, 6.07) is 12.4. The van der Waals surface area contributed by atoms with Crippen molar-refractivity contribution in [2.45, 2.75) is 39.5 Å². The molecule has 1 heterocycles. The molecule has 180 valence electrons. The molecule has 0 atom stereocenters. The Morgan fingerprint density at radius 2 is 1.62 bits per heavy atom. The average Bonchev–Trinajstić information content (AvgIpc) is 2.75. The van der Waals surface area contributed by atoms with Crippen molar-refractivity contribution in [1.82, 2.24) is 9.13 Å². The predicted octanol–water partition coefficient (Wildman–Crippen LogP) is 4.43. The van der Waals surface area contributed by atoms with Crippen molar-refractivity contribution < 1.29 is 23.1 Å². The van der Waals surface area contributed by atoms with Crippen LogP contribution in [0.25, 0.3) is 0 Å². The minimum absolute atomic E-state index is 0.0120. The van der Waals surface area contributed by atoms with Gasteiger partial charge >= 0.3 is 17.8 Å². The second kappa shape index (κ2) is 9.50. The number of hydrogen-bond donors (Lipinski definition) is 1. The maximum absolute atomic E-state index is 13.3. The number of aliphatic carboxylic acids is 1. The summed E-state index contributed by atoms with van der Waals surface area (Å²) in [7, 11) is 0. The second-order valence-corrected chi connectivity index (χ2v) is 9.06. The highest BCUT2D eigenvalue weighted by Gasteiger charge is 2.31. The van der Waals surface area contributed by atoms with E-state index in [1.54, 1.807) is 24.3 Å². The van der Waals surface area contributed by atoms with E-state index in [0.717, 1.165) is 22.8 Å². The molecule has 2 aromatic carbocycles. The molecule has 1 aromatic heterocycles. The number of aromatic nitrogens is 2. The number of carboxylic acids is 1. The third-order valence-corrected chi connectivity index (χ3v) is 5.64. The molecule has 10 heteroatoms. The summed E-state index contributed by atoms with van der Waals surface area (Å²) in [4.78, 5) is 37.7. The molecule has 0 aliphatic carbocycles. The van der Waals surface area contributed by atoms with E-state index in [9.17, 15) is 32.7 Å². The molecule has 0 aliphatic rings. The van der Waals surface area contributed by atoms with Crippen LogP contribution in [0.4, 0.5) is 13.2 Å². The van der Waals surface area contributed by atoms with Crippen LogP contribution in [-0.4, -0.2) is 20.2 Å². The highest BCUT2D eigenvalue weighted by molar-refractivity contribution is 6.30. The van der Waals surface area contributed by atoms with Crippen LogP contribution in [0.15, 0.2) is 64.2 Å². The van der Waals surface area contributed by atoms with E-state index in [1.807, 2.05) is 0 Å². The van der Waals surface area contributed by atoms with Crippen LogP contribution >= 0.6 is 11.6 Å². The Morgan fingerprint density at radius 3 is 2.21 bits per heavy atom. The van der Waals surface area contributed by atoms with Gasteiger partial charge in [0.1, 0.15) is 0 Å². The normalized spacial score (nSPS) is 12.1. The molecule has 0 spiro atoms. The summed E-state index contributed by atoms with van der Waals surface area (Å²) >= 11 is 5.92. The number of nitrogens with zero attached hydrogens (tertiary/aromatic N) is 2. The lowest BCUT2D eigenvalue weighted by Gasteiger charge is -2.22. The topological polar surface area (TPSA) is 81.3 Å². The van der Waals surface area contributed by atoms with E-state index in [-0.39, 0.29) is 30.8 Å². The van der Waals surface area contributed by atoms with Crippen LogP contribution in [0.1, 0.15) is 36.2 Å². The molecule has 3 rings (SSSR count). The van der Waals surface area contributed by atoms with E-state index in [0.29, 0.717) is 10.6 Å². The molecule has 0 unspecified atom stereocenters. The molecule has 0 aliphatic heterocycles. The molecule has 0 saturated heterocycles. The molecule has 34 heavy (non-hydrogen) atoms. The van der Waals surface area contributed by atoms with E-state index < -0.39 is 34.4 Å². The Hall–Kier alpha value is -3.33. The third kappa shape index (κ3) is 5.77. The van der Waals surface area contributed by atoms with E-state index >= 15 is 0 Å². The fourth-order valence-corrected chi connectivity index (χ4v) is 3.55. The number of carboxylic acid groups (broad SMARTS) is 1. The molecular formula is C24H22ClF3N2O4. The van der Waals surface area contributed by atoms with Crippen LogP contribution in [0.3, 0.4) is 0 Å². The van der Waals surface area contributed by atoms with E-state index in [2.05, 4.69) is 0 Å². The Morgan fingerprint density at radius 1 is 0.971 bits per heavy atom. The zero-order valence-corrected chi connectivity index (χ0v) is 19.2. The summed E-state index contributed by atoms with van der Waals surface area (Å²) < 4.78 is 41.5. The van der Waals surface area contributed by atoms with Crippen LogP contribution in [-0.2, 0) is 30.5 Å². The van der Waals surface area contributed by atoms with Crippen molar-refractivity contribution in [3.8, 4) is 0 Å². The van der Waals surface area contributed by atoms with Gasteiger partial charge in [-0.1, -0.05) is 41.9 Å². The van der Waals surface area contributed by atoms with Crippen LogP contribution in [0, 0.1) is 5.41 Å². The van der Waals surface area contributed by atoms with Crippen molar-refractivity contribution in [2.24, 2.45) is 5.41 Å². The predicted molar refractivity (Wildman–Crippen MR) is 121 cm³/mol. The highest BCUT2D eigenvalue weighted by atomic mass is 35.5. The van der Waals surface area contributed by atoms with Crippen LogP contribution in [0.2, 0.25) is 5.02 Å². The molecule has 0 bridgehead atoms.